The zero-order chi connectivity index (χ0) is 16.7. The van der Waals surface area contributed by atoms with E-state index in [1.54, 1.807) is 11.3 Å². The van der Waals surface area contributed by atoms with Crippen molar-refractivity contribution >= 4 is 22.8 Å². The number of aromatic nitrogens is 3. The third kappa shape index (κ3) is 2.59. The largest absolute Gasteiger partial charge is 0.354 e. The number of likely N-dealkylation sites (N-methyl/N-ethyl adjacent to an activating group) is 1. The van der Waals surface area contributed by atoms with Crippen molar-refractivity contribution in [2.24, 2.45) is 0 Å². The highest BCUT2D eigenvalue weighted by molar-refractivity contribution is 7.13. The molecule has 0 spiro atoms. The molecule has 0 bridgehead atoms. The lowest BCUT2D eigenvalue weighted by atomic mass is 10.1. The maximum atomic E-state index is 4.93. The van der Waals surface area contributed by atoms with E-state index in [0.29, 0.717) is 0 Å². The molecule has 1 aliphatic rings. The summed E-state index contributed by atoms with van der Waals surface area (Å²) < 4.78 is 2.06. The standard InChI is InChI=1S/C18H23N5S/c1-4-14-17(15-6-5-11-24-15)18-19-13(2)12-16(23(18)20-14)22-9-7-21(3)8-10-22/h5-6,11-12H,4,7-10H2,1-3H3. The number of rotatable bonds is 3. The Morgan fingerprint density at radius 3 is 2.67 bits per heavy atom. The third-order valence-corrected chi connectivity index (χ3v) is 5.59. The lowest BCUT2D eigenvalue weighted by Gasteiger charge is -2.34. The molecule has 0 aliphatic carbocycles. The molecule has 126 valence electrons. The molecular weight excluding hydrogens is 318 g/mol. The first-order valence-corrected chi connectivity index (χ1v) is 9.42. The number of anilines is 1. The Hall–Kier alpha value is -1.92. The molecule has 3 aromatic rings. The van der Waals surface area contributed by atoms with Crippen LogP contribution in [0.5, 0.6) is 0 Å². The van der Waals surface area contributed by atoms with E-state index in [-0.39, 0.29) is 0 Å². The normalized spacial score (nSPS) is 16.2. The summed E-state index contributed by atoms with van der Waals surface area (Å²) in [6, 6.07) is 6.43. The van der Waals surface area contributed by atoms with Crippen molar-refractivity contribution in [3.8, 4) is 10.4 Å². The number of hydrogen-bond acceptors (Lipinski definition) is 5. The quantitative estimate of drug-likeness (QED) is 0.734. The molecule has 0 aromatic carbocycles. The van der Waals surface area contributed by atoms with Crippen LogP contribution in [0.15, 0.2) is 23.6 Å². The second kappa shape index (κ2) is 6.18. The smallest absolute Gasteiger partial charge is 0.166 e. The monoisotopic (exact) mass is 341 g/mol. The molecule has 0 radical (unpaired) electrons. The van der Waals surface area contributed by atoms with Crippen LogP contribution in [-0.4, -0.2) is 52.7 Å². The molecule has 4 heterocycles. The molecule has 1 aliphatic heterocycles. The van der Waals surface area contributed by atoms with Gasteiger partial charge in [-0.2, -0.15) is 9.61 Å². The third-order valence-electron chi connectivity index (χ3n) is 4.70. The summed E-state index contributed by atoms with van der Waals surface area (Å²) in [6.07, 6.45) is 0.915. The van der Waals surface area contributed by atoms with Gasteiger partial charge in [0, 0.05) is 42.8 Å². The lowest BCUT2D eigenvalue weighted by molar-refractivity contribution is 0.311. The summed E-state index contributed by atoms with van der Waals surface area (Å²) in [7, 11) is 2.18. The van der Waals surface area contributed by atoms with Gasteiger partial charge in [0.25, 0.3) is 0 Å². The van der Waals surface area contributed by atoms with Crippen LogP contribution in [-0.2, 0) is 6.42 Å². The molecule has 0 unspecified atom stereocenters. The fourth-order valence-corrected chi connectivity index (χ4v) is 4.13. The topological polar surface area (TPSA) is 36.7 Å². The second-order valence-corrected chi connectivity index (χ2v) is 7.38. The minimum atomic E-state index is 0.915. The number of thiophene rings is 1. The van der Waals surface area contributed by atoms with Crippen LogP contribution in [0, 0.1) is 6.92 Å². The van der Waals surface area contributed by atoms with E-state index in [0.717, 1.165) is 49.6 Å². The van der Waals surface area contributed by atoms with Crippen molar-refractivity contribution in [2.45, 2.75) is 20.3 Å². The van der Waals surface area contributed by atoms with Crippen LogP contribution in [0.25, 0.3) is 16.1 Å². The van der Waals surface area contributed by atoms with E-state index in [9.17, 15) is 0 Å². The van der Waals surface area contributed by atoms with Crippen LogP contribution < -0.4 is 4.90 Å². The molecule has 6 heteroatoms. The Labute approximate surface area is 146 Å². The summed E-state index contributed by atoms with van der Waals surface area (Å²) in [6.45, 7) is 8.48. The molecule has 0 N–H and O–H groups in total. The molecule has 0 saturated carbocycles. The summed E-state index contributed by atoms with van der Waals surface area (Å²) in [4.78, 5) is 10.9. The van der Waals surface area contributed by atoms with Crippen molar-refractivity contribution in [2.75, 3.05) is 38.1 Å². The average Bonchev–Trinajstić information content (AvgIpc) is 3.21. The van der Waals surface area contributed by atoms with Crippen LogP contribution in [0.1, 0.15) is 18.3 Å². The van der Waals surface area contributed by atoms with Crippen molar-refractivity contribution in [1.29, 1.82) is 0 Å². The van der Waals surface area contributed by atoms with Crippen molar-refractivity contribution < 1.29 is 0 Å². The number of piperazine rings is 1. The molecule has 1 saturated heterocycles. The highest BCUT2D eigenvalue weighted by Crippen LogP contribution is 2.33. The molecule has 0 amide bonds. The fraction of sp³-hybridized carbons (Fsp3) is 0.444. The Bertz CT molecular complexity index is 844. The number of hydrogen-bond donors (Lipinski definition) is 0. The summed E-state index contributed by atoms with van der Waals surface area (Å²) in [5, 5.41) is 7.05. The van der Waals surface area contributed by atoms with E-state index in [1.807, 2.05) is 0 Å². The Morgan fingerprint density at radius 1 is 1.21 bits per heavy atom. The van der Waals surface area contributed by atoms with E-state index in [2.05, 4.69) is 58.8 Å². The van der Waals surface area contributed by atoms with Gasteiger partial charge >= 0.3 is 0 Å². The van der Waals surface area contributed by atoms with Gasteiger partial charge in [-0.3, -0.25) is 0 Å². The highest BCUT2D eigenvalue weighted by Gasteiger charge is 2.22. The highest BCUT2D eigenvalue weighted by atomic mass is 32.1. The first-order valence-electron chi connectivity index (χ1n) is 8.54. The molecule has 4 rings (SSSR count). The van der Waals surface area contributed by atoms with Crippen LogP contribution >= 0.6 is 11.3 Å². The first kappa shape index (κ1) is 15.6. The predicted molar refractivity (Wildman–Crippen MR) is 100 cm³/mol. The van der Waals surface area contributed by atoms with E-state index in [1.165, 1.54) is 16.3 Å². The second-order valence-electron chi connectivity index (χ2n) is 6.43. The van der Waals surface area contributed by atoms with Gasteiger partial charge in [-0.1, -0.05) is 13.0 Å². The fourth-order valence-electron chi connectivity index (χ4n) is 3.34. The van der Waals surface area contributed by atoms with Gasteiger partial charge in [-0.25, -0.2) is 4.98 Å². The number of fused-ring (bicyclic) bond motifs is 1. The van der Waals surface area contributed by atoms with E-state index in [4.69, 9.17) is 10.1 Å². The lowest BCUT2D eigenvalue weighted by Crippen LogP contribution is -2.45. The van der Waals surface area contributed by atoms with Gasteiger partial charge in [-0.05, 0) is 31.8 Å². The maximum Gasteiger partial charge on any atom is 0.166 e. The maximum absolute atomic E-state index is 4.93. The van der Waals surface area contributed by atoms with Crippen LogP contribution in [0.4, 0.5) is 5.82 Å². The number of nitrogens with zero attached hydrogens (tertiary/aromatic N) is 5. The Morgan fingerprint density at radius 2 is 2.00 bits per heavy atom. The summed E-state index contributed by atoms with van der Waals surface area (Å²) >= 11 is 1.76. The Kier molecular flexibility index (Phi) is 4.02. The molecule has 0 atom stereocenters. The van der Waals surface area contributed by atoms with Crippen molar-refractivity contribution in [3.05, 3.63) is 35.0 Å². The van der Waals surface area contributed by atoms with Gasteiger partial charge in [0.15, 0.2) is 5.65 Å². The zero-order valence-electron chi connectivity index (χ0n) is 14.5. The predicted octanol–water partition coefficient (Wildman–Crippen LogP) is 3.08. The molecule has 24 heavy (non-hydrogen) atoms. The minimum absolute atomic E-state index is 0.915. The molecular formula is C18H23N5S. The van der Waals surface area contributed by atoms with E-state index >= 15 is 0 Å². The minimum Gasteiger partial charge on any atom is -0.354 e. The summed E-state index contributed by atoms with van der Waals surface area (Å²) in [5.74, 6) is 1.17. The Balaban J connectivity index is 1.90. The zero-order valence-corrected chi connectivity index (χ0v) is 15.3. The van der Waals surface area contributed by atoms with Crippen LogP contribution in [0.3, 0.4) is 0 Å². The number of aryl methyl sites for hydroxylation is 2. The van der Waals surface area contributed by atoms with Crippen molar-refractivity contribution in [3.63, 3.8) is 0 Å². The van der Waals surface area contributed by atoms with Gasteiger partial charge in [0.2, 0.25) is 0 Å². The van der Waals surface area contributed by atoms with Gasteiger partial charge in [0.1, 0.15) is 5.82 Å². The van der Waals surface area contributed by atoms with Gasteiger partial charge in [-0.15, -0.1) is 11.3 Å². The molecule has 3 aromatic heterocycles. The molecule has 5 nitrogen and oxygen atoms in total. The van der Waals surface area contributed by atoms with Crippen molar-refractivity contribution in [1.82, 2.24) is 19.5 Å². The SMILES string of the molecule is CCc1nn2c(N3CCN(C)CC3)cc(C)nc2c1-c1cccs1. The molecule has 1 fully saturated rings. The van der Waals surface area contributed by atoms with Crippen LogP contribution in [0.2, 0.25) is 0 Å². The van der Waals surface area contributed by atoms with E-state index < -0.39 is 0 Å². The average molecular weight is 341 g/mol. The first-order chi connectivity index (χ1) is 11.7. The summed E-state index contributed by atoms with van der Waals surface area (Å²) in [5.41, 5.74) is 4.37. The van der Waals surface area contributed by atoms with Gasteiger partial charge in [0.05, 0.1) is 11.3 Å². The van der Waals surface area contributed by atoms with Gasteiger partial charge < -0.3 is 9.80 Å².